The maximum Gasteiger partial charge on any atom is 0.159 e. The van der Waals surface area contributed by atoms with Gasteiger partial charge in [0, 0.05) is 30.2 Å². The molecule has 2 heterocycles. The molecule has 0 fully saturated rings. The van der Waals surface area contributed by atoms with E-state index in [1.165, 1.54) is 0 Å². The predicted octanol–water partition coefficient (Wildman–Crippen LogP) is 2.61. The second-order valence-electron chi connectivity index (χ2n) is 4.11. The van der Waals surface area contributed by atoms with Gasteiger partial charge in [0.1, 0.15) is 5.82 Å². The number of rotatable bonds is 2. The Labute approximate surface area is 109 Å². The van der Waals surface area contributed by atoms with E-state index in [0.717, 1.165) is 22.3 Å². The van der Waals surface area contributed by atoms with Crippen LogP contribution < -0.4 is 0 Å². The van der Waals surface area contributed by atoms with Gasteiger partial charge in [0.15, 0.2) is 5.15 Å². The van der Waals surface area contributed by atoms with E-state index in [1.807, 2.05) is 42.1 Å². The van der Waals surface area contributed by atoms with Gasteiger partial charge in [-0.05, 0) is 0 Å². The highest BCUT2D eigenvalue weighted by atomic mass is 35.5. The lowest BCUT2D eigenvalue weighted by molar-refractivity contribution is 0.804. The van der Waals surface area contributed by atoms with Crippen LogP contribution in [0.15, 0.2) is 36.7 Å². The van der Waals surface area contributed by atoms with Gasteiger partial charge >= 0.3 is 0 Å². The van der Waals surface area contributed by atoms with Crippen LogP contribution in [-0.4, -0.2) is 19.7 Å². The van der Waals surface area contributed by atoms with Gasteiger partial charge in [-0.25, -0.2) is 4.98 Å². The van der Waals surface area contributed by atoms with E-state index in [0.29, 0.717) is 11.6 Å². The van der Waals surface area contributed by atoms with Gasteiger partial charge in [0.05, 0.1) is 12.1 Å². The first kappa shape index (κ1) is 11.2. The number of hydrogen-bond donors (Lipinski definition) is 0. The molecule has 90 valence electrons. The average molecular weight is 259 g/mol. The quantitative estimate of drug-likeness (QED) is 0.710. The van der Waals surface area contributed by atoms with Crippen LogP contribution in [0.4, 0.5) is 0 Å². The molecule has 5 heteroatoms. The number of fused-ring (bicyclic) bond motifs is 1. The van der Waals surface area contributed by atoms with E-state index in [1.54, 1.807) is 6.20 Å². The maximum absolute atomic E-state index is 6.05. The molecule has 0 N–H and O–H groups in total. The first-order valence-corrected chi connectivity index (χ1v) is 5.99. The zero-order valence-electron chi connectivity index (χ0n) is 9.84. The summed E-state index contributed by atoms with van der Waals surface area (Å²) in [5.41, 5.74) is 0.893. The van der Waals surface area contributed by atoms with Crippen molar-refractivity contribution in [3.8, 4) is 0 Å². The molecule has 0 spiro atoms. The lowest BCUT2D eigenvalue weighted by Gasteiger charge is -2.06. The Morgan fingerprint density at radius 1 is 1.17 bits per heavy atom. The number of imidazole rings is 1. The fourth-order valence-corrected chi connectivity index (χ4v) is 2.18. The second-order valence-corrected chi connectivity index (χ2v) is 4.47. The van der Waals surface area contributed by atoms with Crippen LogP contribution >= 0.6 is 11.6 Å². The molecular weight excluding hydrogens is 248 g/mol. The average Bonchev–Trinajstić information content (AvgIpc) is 2.79. The van der Waals surface area contributed by atoms with Crippen LogP contribution in [0.2, 0.25) is 5.15 Å². The summed E-state index contributed by atoms with van der Waals surface area (Å²) in [6.45, 7) is 0. The monoisotopic (exact) mass is 258 g/mol. The molecule has 0 saturated carbocycles. The second kappa shape index (κ2) is 4.38. The topological polar surface area (TPSA) is 43.6 Å². The van der Waals surface area contributed by atoms with Crippen molar-refractivity contribution in [2.24, 2.45) is 7.05 Å². The highest BCUT2D eigenvalue weighted by molar-refractivity contribution is 6.34. The Morgan fingerprint density at radius 3 is 2.67 bits per heavy atom. The van der Waals surface area contributed by atoms with E-state index >= 15 is 0 Å². The van der Waals surface area contributed by atoms with Gasteiger partial charge in [-0.2, -0.15) is 5.10 Å². The number of aryl methyl sites for hydroxylation is 1. The SMILES string of the molecule is Cn1ccnc1Cc1nnc(Cl)c2ccccc12. The van der Waals surface area contributed by atoms with Gasteiger partial charge in [-0.3, -0.25) is 0 Å². The zero-order chi connectivity index (χ0) is 12.5. The molecule has 0 saturated heterocycles. The summed E-state index contributed by atoms with van der Waals surface area (Å²) in [6.07, 6.45) is 4.34. The molecule has 18 heavy (non-hydrogen) atoms. The van der Waals surface area contributed by atoms with Crippen molar-refractivity contribution in [2.75, 3.05) is 0 Å². The molecule has 0 unspecified atom stereocenters. The minimum atomic E-state index is 0.439. The summed E-state index contributed by atoms with van der Waals surface area (Å²) < 4.78 is 1.98. The lowest BCUT2D eigenvalue weighted by Crippen LogP contribution is -2.02. The van der Waals surface area contributed by atoms with Gasteiger partial charge in [0.2, 0.25) is 0 Å². The standard InChI is InChI=1S/C13H11ClN4/c1-18-7-6-15-12(18)8-11-9-4-2-3-5-10(9)13(14)17-16-11/h2-7H,8H2,1H3. The summed E-state index contributed by atoms with van der Waals surface area (Å²) >= 11 is 6.05. The van der Waals surface area contributed by atoms with Crippen molar-refractivity contribution < 1.29 is 0 Å². The van der Waals surface area contributed by atoms with E-state index < -0.39 is 0 Å². The third-order valence-electron chi connectivity index (χ3n) is 2.97. The number of halogens is 1. The molecule has 0 aliphatic rings. The summed E-state index contributed by atoms with van der Waals surface area (Å²) in [7, 11) is 1.97. The molecule has 4 nitrogen and oxygen atoms in total. The lowest BCUT2D eigenvalue weighted by atomic mass is 10.1. The van der Waals surface area contributed by atoms with Crippen LogP contribution in [-0.2, 0) is 13.5 Å². The first-order valence-electron chi connectivity index (χ1n) is 5.61. The molecule has 1 aromatic carbocycles. The van der Waals surface area contributed by atoms with Crippen molar-refractivity contribution in [3.05, 3.63) is 53.3 Å². The zero-order valence-corrected chi connectivity index (χ0v) is 10.6. The first-order chi connectivity index (χ1) is 8.75. The van der Waals surface area contributed by atoms with Crippen LogP contribution in [0.25, 0.3) is 10.8 Å². The van der Waals surface area contributed by atoms with E-state index in [9.17, 15) is 0 Å². The fourth-order valence-electron chi connectivity index (χ4n) is 1.97. The van der Waals surface area contributed by atoms with E-state index in [2.05, 4.69) is 15.2 Å². The Bertz CT molecular complexity index is 705. The van der Waals surface area contributed by atoms with Crippen molar-refractivity contribution in [1.29, 1.82) is 0 Å². The third kappa shape index (κ3) is 1.84. The maximum atomic E-state index is 6.05. The molecule has 0 aliphatic heterocycles. The Morgan fingerprint density at radius 2 is 1.94 bits per heavy atom. The largest absolute Gasteiger partial charge is 0.338 e. The van der Waals surface area contributed by atoms with Crippen molar-refractivity contribution in [1.82, 2.24) is 19.7 Å². The molecule has 0 aliphatic carbocycles. The van der Waals surface area contributed by atoms with Crippen LogP contribution in [0.5, 0.6) is 0 Å². The van der Waals surface area contributed by atoms with Gasteiger partial charge < -0.3 is 4.57 Å². The number of aromatic nitrogens is 4. The molecule has 0 bridgehead atoms. The minimum absolute atomic E-state index is 0.439. The predicted molar refractivity (Wildman–Crippen MR) is 70.6 cm³/mol. The van der Waals surface area contributed by atoms with Gasteiger partial charge in [-0.15, -0.1) is 5.10 Å². The summed E-state index contributed by atoms with van der Waals surface area (Å²) in [5, 5.41) is 10.6. The number of benzene rings is 1. The van der Waals surface area contributed by atoms with Crippen molar-refractivity contribution >= 4 is 22.4 Å². The van der Waals surface area contributed by atoms with Gasteiger partial charge in [0.25, 0.3) is 0 Å². The van der Waals surface area contributed by atoms with Gasteiger partial charge in [-0.1, -0.05) is 35.9 Å². The van der Waals surface area contributed by atoms with Crippen LogP contribution in [0.1, 0.15) is 11.5 Å². The third-order valence-corrected chi connectivity index (χ3v) is 3.24. The molecule has 3 rings (SSSR count). The minimum Gasteiger partial charge on any atom is -0.338 e. The van der Waals surface area contributed by atoms with Crippen molar-refractivity contribution in [2.45, 2.75) is 6.42 Å². The Hall–Kier alpha value is -1.94. The Kier molecular flexibility index (Phi) is 2.72. The summed E-state index contributed by atoms with van der Waals surface area (Å²) in [5.74, 6) is 0.955. The smallest absolute Gasteiger partial charge is 0.159 e. The van der Waals surface area contributed by atoms with Crippen molar-refractivity contribution in [3.63, 3.8) is 0 Å². The summed E-state index contributed by atoms with van der Waals surface area (Å²) in [6, 6.07) is 7.88. The van der Waals surface area contributed by atoms with E-state index in [4.69, 9.17) is 11.6 Å². The molecule has 3 aromatic rings. The molecule has 0 amide bonds. The summed E-state index contributed by atoms with van der Waals surface area (Å²) in [4.78, 5) is 4.30. The highest BCUT2D eigenvalue weighted by Crippen LogP contribution is 2.23. The molecule has 2 aromatic heterocycles. The highest BCUT2D eigenvalue weighted by Gasteiger charge is 2.10. The Balaban J connectivity index is 2.13. The van der Waals surface area contributed by atoms with Crippen LogP contribution in [0.3, 0.4) is 0 Å². The van der Waals surface area contributed by atoms with E-state index in [-0.39, 0.29) is 0 Å². The number of nitrogens with zero attached hydrogens (tertiary/aromatic N) is 4. The molecular formula is C13H11ClN4. The molecule has 0 atom stereocenters. The van der Waals surface area contributed by atoms with Crippen LogP contribution in [0, 0.1) is 0 Å². The normalized spacial score (nSPS) is 11.0. The molecule has 0 radical (unpaired) electrons. The number of hydrogen-bond acceptors (Lipinski definition) is 3. The fraction of sp³-hybridized carbons (Fsp3) is 0.154.